The molecule has 0 radical (unpaired) electrons. The summed E-state index contributed by atoms with van der Waals surface area (Å²) in [4.78, 5) is 36.7. The fourth-order valence-electron chi connectivity index (χ4n) is 6.24. The molecule has 6 rings (SSSR count). The third-order valence-electron chi connectivity index (χ3n) is 9.16. The lowest BCUT2D eigenvalue weighted by atomic mass is 9.96. The summed E-state index contributed by atoms with van der Waals surface area (Å²) >= 11 is 11.9. The zero-order chi connectivity index (χ0) is 38.1. The molecular weight excluding hydrogens is 737 g/mol. The van der Waals surface area contributed by atoms with Gasteiger partial charge >= 0.3 is 12.4 Å². The fraction of sp³-hybridized carbons (Fsp3) is 0.471. The monoisotopic (exact) mass is 772 g/mol. The van der Waals surface area contributed by atoms with Gasteiger partial charge in [0.1, 0.15) is 10.3 Å². The van der Waals surface area contributed by atoms with E-state index in [1.807, 2.05) is 13.8 Å². The van der Waals surface area contributed by atoms with Gasteiger partial charge in [0, 0.05) is 32.4 Å². The van der Waals surface area contributed by atoms with Gasteiger partial charge < -0.3 is 9.80 Å². The molecule has 18 heteroatoms. The Bertz CT molecular complexity index is 1840. The zero-order valence-corrected chi connectivity index (χ0v) is 30.2. The van der Waals surface area contributed by atoms with E-state index in [1.165, 1.54) is 25.4 Å². The number of rotatable bonds is 4. The van der Waals surface area contributed by atoms with Gasteiger partial charge in [0.05, 0.1) is 40.5 Å². The molecule has 10 nitrogen and oxygen atoms in total. The quantitative estimate of drug-likeness (QED) is 0.154. The van der Waals surface area contributed by atoms with Gasteiger partial charge in [0.25, 0.3) is 11.8 Å². The molecule has 0 spiro atoms. The Hall–Kier alpha value is -4.18. The van der Waals surface area contributed by atoms with Crippen molar-refractivity contribution in [3.8, 4) is 11.6 Å². The van der Waals surface area contributed by atoms with Gasteiger partial charge in [-0.25, -0.2) is 19.3 Å². The third-order valence-corrected chi connectivity index (χ3v) is 9.55. The van der Waals surface area contributed by atoms with E-state index < -0.39 is 24.2 Å². The molecule has 2 fully saturated rings. The standard InChI is InChI=1S/2C17H18ClF3N4O/c1-10-7-14(18)22-15(8-10)25-9-13(11(2)23-25)16(26)24-5-3-12(4-6-24)17(19,20)21;1-10-7-14(18)23-15(8-10)25-11(2)13(9-22-25)16(26)24-5-3-12(4-6-24)17(19,20)21/h2*7-9,12H,3-6H2,1-2H3. The first-order valence-electron chi connectivity index (χ1n) is 16.4. The van der Waals surface area contributed by atoms with Crippen molar-refractivity contribution in [3.05, 3.63) is 80.6 Å². The topological polar surface area (TPSA) is 102 Å². The highest BCUT2D eigenvalue weighted by atomic mass is 35.5. The normalized spacial score (nSPS) is 16.2. The molecule has 0 aromatic carbocycles. The van der Waals surface area contributed by atoms with E-state index in [0.717, 1.165) is 11.1 Å². The molecule has 0 atom stereocenters. The van der Waals surface area contributed by atoms with Crippen LogP contribution in [0, 0.1) is 39.5 Å². The number of alkyl halides is 6. The van der Waals surface area contributed by atoms with Crippen LogP contribution >= 0.6 is 23.2 Å². The molecule has 280 valence electrons. The number of aryl methyl sites for hydroxylation is 3. The second-order valence-corrected chi connectivity index (χ2v) is 13.8. The summed E-state index contributed by atoms with van der Waals surface area (Å²) in [6.07, 6.45) is -5.72. The Morgan fingerprint density at radius 3 is 1.60 bits per heavy atom. The Morgan fingerprint density at radius 1 is 0.692 bits per heavy atom. The van der Waals surface area contributed by atoms with Crippen molar-refractivity contribution in [2.24, 2.45) is 11.8 Å². The minimum absolute atomic E-state index is 0.0720. The predicted octanol–water partition coefficient (Wildman–Crippen LogP) is 7.90. The maximum absolute atomic E-state index is 12.8. The smallest absolute Gasteiger partial charge is 0.339 e. The minimum Gasteiger partial charge on any atom is -0.339 e. The van der Waals surface area contributed by atoms with E-state index in [1.54, 1.807) is 44.3 Å². The summed E-state index contributed by atoms with van der Waals surface area (Å²) in [5.74, 6) is -2.33. The van der Waals surface area contributed by atoms with Gasteiger partial charge in [0.2, 0.25) is 0 Å². The lowest BCUT2D eigenvalue weighted by molar-refractivity contribution is -0.184. The molecule has 2 aliphatic rings. The minimum atomic E-state index is -4.20. The number of likely N-dealkylation sites (tertiary alicyclic amines) is 2. The maximum Gasteiger partial charge on any atom is 0.391 e. The SMILES string of the molecule is Cc1cc(Cl)nc(-n2cc(C(=O)N3CCC(C(F)(F)F)CC3)c(C)n2)c1.Cc1cc(Cl)nc(-n2ncc(C(=O)N3CCC(C(F)(F)F)CC3)c2C)c1. The number of carbonyl (C=O) groups excluding carboxylic acids is 2. The van der Waals surface area contributed by atoms with Crippen molar-refractivity contribution in [1.29, 1.82) is 0 Å². The maximum atomic E-state index is 12.8. The van der Waals surface area contributed by atoms with Gasteiger partial charge in [-0.1, -0.05) is 23.2 Å². The van der Waals surface area contributed by atoms with Crippen LogP contribution in [0.4, 0.5) is 26.3 Å². The van der Waals surface area contributed by atoms with Crippen LogP contribution in [0.15, 0.2) is 36.7 Å². The molecule has 0 saturated carbocycles. The molecule has 0 unspecified atom stereocenters. The highest BCUT2D eigenvalue weighted by Gasteiger charge is 2.43. The van der Waals surface area contributed by atoms with Crippen LogP contribution in [0.3, 0.4) is 0 Å². The Morgan fingerprint density at radius 2 is 1.13 bits per heavy atom. The van der Waals surface area contributed by atoms with E-state index in [4.69, 9.17) is 23.2 Å². The van der Waals surface area contributed by atoms with Gasteiger partial charge in [-0.05, 0) is 88.8 Å². The average molecular weight is 774 g/mol. The molecule has 2 amide bonds. The summed E-state index contributed by atoms with van der Waals surface area (Å²) in [5.41, 5.74) is 3.58. The number of nitrogens with zero attached hydrogens (tertiary/aromatic N) is 8. The number of amides is 2. The van der Waals surface area contributed by atoms with E-state index >= 15 is 0 Å². The number of carbonyl (C=O) groups is 2. The van der Waals surface area contributed by atoms with Crippen LogP contribution in [0.1, 0.15) is 68.9 Å². The number of pyridine rings is 2. The van der Waals surface area contributed by atoms with Gasteiger partial charge in [-0.3, -0.25) is 9.59 Å². The fourth-order valence-corrected chi connectivity index (χ4v) is 6.76. The van der Waals surface area contributed by atoms with Crippen molar-refractivity contribution in [3.63, 3.8) is 0 Å². The number of aromatic nitrogens is 6. The summed E-state index contributed by atoms with van der Waals surface area (Å²) in [6, 6.07) is 6.98. The molecule has 0 bridgehead atoms. The highest BCUT2D eigenvalue weighted by molar-refractivity contribution is 6.29. The summed E-state index contributed by atoms with van der Waals surface area (Å²) in [7, 11) is 0. The largest absolute Gasteiger partial charge is 0.391 e. The molecule has 4 aromatic rings. The number of piperidine rings is 2. The van der Waals surface area contributed by atoms with Gasteiger partial charge in [-0.15, -0.1) is 0 Å². The van der Waals surface area contributed by atoms with Crippen LogP contribution in [0.5, 0.6) is 0 Å². The van der Waals surface area contributed by atoms with Gasteiger partial charge in [-0.2, -0.15) is 36.5 Å². The van der Waals surface area contributed by atoms with Gasteiger partial charge in [0.15, 0.2) is 11.6 Å². The van der Waals surface area contributed by atoms with Crippen molar-refractivity contribution in [1.82, 2.24) is 39.3 Å². The average Bonchev–Trinajstić information content (AvgIpc) is 3.65. The van der Waals surface area contributed by atoms with Crippen LogP contribution in [-0.4, -0.2) is 89.7 Å². The second kappa shape index (κ2) is 15.4. The molecule has 52 heavy (non-hydrogen) atoms. The Balaban J connectivity index is 0.000000201. The molecule has 2 aliphatic heterocycles. The van der Waals surface area contributed by atoms with E-state index in [-0.39, 0.29) is 63.7 Å². The lowest BCUT2D eigenvalue weighted by Gasteiger charge is -2.32. The highest BCUT2D eigenvalue weighted by Crippen LogP contribution is 2.36. The van der Waals surface area contributed by atoms with Crippen LogP contribution in [-0.2, 0) is 0 Å². The van der Waals surface area contributed by atoms with Crippen molar-refractivity contribution < 1.29 is 35.9 Å². The first-order valence-corrected chi connectivity index (χ1v) is 17.2. The van der Waals surface area contributed by atoms with E-state index in [0.29, 0.717) is 44.5 Å². The molecule has 2 saturated heterocycles. The third kappa shape index (κ3) is 9.06. The summed E-state index contributed by atoms with van der Waals surface area (Å²) < 4.78 is 79.6. The zero-order valence-electron chi connectivity index (χ0n) is 28.7. The Kier molecular flexibility index (Phi) is 11.6. The first-order chi connectivity index (χ1) is 24.3. The predicted molar refractivity (Wildman–Crippen MR) is 181 cm³/mol. The van der Waals surface area contributed by atoms with Crippen LogP contribution in [0.25, 0.3) is 11.6 Å². The summed E-state index contributed by atoms with van der Waals surface area (Å²) in [6.45, 7) is 7.48. The lowest BCUT2D eigenvalue weighted by Crippen LogP contribution is -2.42. The van der Waals surface area contributed by atoms with E-state index in [2.05, 4.69) is 20.2 Å². The second-order valence-electron chi connectivity index (χ2n) is 13.0. The number of hydrogen-bond donors (Lipinski definition) is 0. The Labute approximate surface area is 305 Å². The summed E-state index contributed by atoms with van der Waals surface area (Å²) in [5, 5.41) is 9.14. The van der Waals surface area contributed by atoms with Crippen molar-refractivity contribution in [2.45, 2.75) is 65.7 Å². The van der Waals surface area contributed by atoms with Crippen molar-refractivity contribution >= 4 is 35.0 Å². The number of halogens is 8. The molecular formula is C34H36Cl2F6N8O2. The van der Waals surface area contributed by atoms with E-state index in [9.17, 15) is 35.9 Å². The van der Waals surface area contributed by atoms with Crippen LogP contribution in [0.2, 0.25) is 10.3 Å². The van der Waals surface area contributed by atoms with Crippen LogP contribution < -0.4 is 0 Å². The molecule has 0 aliphatic carbocycles. The molecule has 4 aromatic heterocycles. The first kappa shape index (κ1) is 39.0. The molecule has 6 heterocycles. The van der Waals surface area contributed by atoms with Crippen molar-refractivity contribution in [2.75, 3.05) is 26.2 Å². The number of hydrogen-bond acceptors (Lipinski definition) is 6. The molecule has 0 N–H and O–H groups in total.